The third-order valence-corrected chi connectivity index (χ3v) is 4.82. The van der Waals surface area contributed by atoms with Gasteiger partial charge in [-0.1, -0.05) is 24.3 Å². The highest BCUT2D eigenvalue weighted by molar-refractivity contribution is 7.88. The number of nitrogens with two attached hydrogens (primary N) is 1. The molecule has 0 aliphatic rings. The predicted molar refractivity (Wildman–Crippen MR) is 77.0 cm³/mol. The van der Waals surface area contributed by atoms with Crippen molar-refractivity contribution in [2.24, 2.45) is 5.73 Å². The van der Waals surface area contributed by atoms with Gasteiger partial charge in [-0.05, 0) is 11.1 Å². The minimum atomic E-state index is -3.35. The molecular formula is C13H18N4O2S. The number of hydrogen-bond acceptors (Lipinski definition) is 4. The van der Waals surface area contributed by atoms with Crippen LogP contribution in [0, 0.1) is 0 Å². The Balaban J connectivity index is 2.05. The van der Waals surface area contributed by atoms with Gasteiger partial charge in [-0.15, -0.1) is 0 Å². The first-order valence-electron chi connectivity index (χ1n) is 6.21. The number of hydrogen-bond donors (Lipinski definition) is 2. The van der Waals surface area contributed by atoms with Gasteiger partial charge in [-0.25, -0.2) is 12.7 Å². The number of nitrogens with one attached hydrogen (secondary N) is 1. The predicted octanol–water partition coefficient (Wildman–Crippen LogP) is 0.830. The van der Waals surface area contributed by atoms with Crippen LogP contribution in [0.15, 0.2) is 36.7 Å². The van der Waals surface area contributed by atoms with E-state index >= 15 is 0 Å². The zero-order valence-electron chi connectivity index (χ0n) is 11.3. The summed E-state index contributed by atoms with van der Waals surface area (Å²) in [6.07, 6.45) is 3.30. The highest BCUT2D eigenvalue weighted by Crippen LogP contribution is 2.13. The lowest BCUT2D eigenvalue weighted by Gasteiger charge is -2.16. The van der Waals surface area contributed by atoms with E-state index in [1.807, 2.05) is 12.1 Å². The molecule has 0 amide bonds. The van der Waals surface area contributed by atoms with Gasteiger partial charge >= 0.3 is 0 Å². The summed E-state index contributed by atoms with van der Waals surface area (Å²) in [5, 5.41) is 6.47. The minimum Gasteiger partial charge on any atom is -0.326 e. The van der Waals surface area contributed by atoms with Crippen LogP contribution < -0.4 is 5.73 Å². The topological polar surface area (TPSA) is 92.1 Å². The second-order valence-electron chi connectivity index (χ2n) is 4.64. The van der Waals surface area contributed by atoms with Crippen molar-refractivity contribution in [2.45, 2.75) is 18.8 Å². The second kappa shape index (κ2) is 6.17. The first kappa shape index (κ1) is 14.7. The Kier molecular flexibility index (Phi) is 4.53. The fourth-order valence-corrected chi connectivity index (χ4v) is 2.99. The summed E-state index contributed by atoms with van der Waals surface area (Å²) >= 11 is 0. The fraction of sp³-hybridized carbons (Fsp3) is 0.308. The third kappa shape index (κ3) is 3.66. The number of nitrogens with zero attached hydrogens (tertiary/aromatic N) is 2. The molecule has 0 aliphatic heterocycles. The molecule has 0 unspecified atom stereocenters. The van der Waals surface area contributed by atoms with Crippen LogP contribution in [0.3, 0.4) is 0 Å². The van der Waals surface area contributed by atoms with E-state index in [2.05, 4.69) is 10.2 Å². The molecule has 3 N–H and O–H groups in total. The number of rotatable bonds is 6. The number of sulfonamides is 1. The maximum atomic E-state index is 12.3. The molecule has 20 heavy (non-hydrogen) atoms. The van der Waals surface area contributed by atoms with E-state index in [0.29, 0.717) is 13.1 Å². The van der Waals surface area contributed by atoms with Crippen molar-refractivity contribution in [2.75, 3.05) is 7.05 Å². The molecule has 0 fully saturated rings. The Morgan fingerprint density at radius 2 is 1.85 bits per heavy atom. The monoisotopic (exact) mass is 294 g/mol. The third-order valence-electron chi connectivity index (χ3n) is 3.04. The Morgan fingerprint density at radius 3 is 2.40 bits per heavy atom. The number of aromatic amines is 1. The summed E-state index contributed by atoms with van der Waals surface area (Å²) in [7, 11) is -1.78. The average molecular weight is 294 g/mol. The summed E-state index contributed by atoms with van der Waals surface area (Å²) in [6.45, 7) is 0.757. The van der Waals surface area contributed by atoms with Crippen molar-refractivity contribution in [3.63, 3.8) is 0 Å². The van der Waals surface area contributed by atoms with Crippen LogP contribution in [0.2, 0.25) is 0 Å². The van der Waals surface area contributed by atoms with Gasteiger partial charge < -0.3 is 5.73 Å². The van der Waals surface area contributed by atoms with Crippen molar-refractivity contribution in [3.05, 3.63) is 53.3 Å². The lowest BCUT2D eigenvalue weighted by molar-refractivity contribution is 0.466. The molecule has 1 aromatic heterocycles. The Morgan fingerprint density at radius 1 is 1.20 bits per heavy atom. The molecule has 2 aromatic rings. The van der Waals surface area contributed by atoms with Gasteiger partial charge in [0.15, 0.2) is 0 Å². The molecule has 0 bridgehead atoms. The summed E-state index contributed by atoms with van der Waals surface area (Å²) < 4.78 is 25.8. The molecule has 0 radical (unpaired) electrons. The van der Waals surface area contributed by atoms with Gasteiger partial charge in [0.2, 0.25) is 10.0 Å². The van der Waals surface area contributed by atoms with E-state index in [1.165, 1.54) is 4.31 Å². The SMILES string of the molecule is CN(Cc1cn[nH]c1)S(=O)(=O)Cc1ccc(CN)cc1. The van der Waals surface area contributed by atoms with Crippen LogP contribution in [0.25, 0.3) is 0 Å². The van der Waals surface area contributed by atoms with Crippen LogP contribution in [-0.4, -0.2) is 30.0 Å². The summed E-state index contributed by atoms with van der Waals surface area (Å²) in [6, 6.07) is 7.29. The number of H-pyrrole nitrogens is 1. The summed E-state index contributed by atoms with van der Waals surface area (Å²) in [5.74, 6) is -0.0216. The van der Waals surface area contributed by atoms with Crippen molar-refractivity contribution < 1.29 is 8.42 Å². The smallest absolute Gasteiger partial charge is 0.218 e. The van der Waals surface area contributed by atoms with Gasteiger partial charge in [-0.2, -0.15) is 5.10 Å². The molecule has 0 atom stereocenters. The standard InChI is InChI=1S/C13H18N4O2S/c1-17(9-13-7-15-16-8-13)20(18,19)10-12-4-2-11(6-14)3-5-12/h2-5,7-8H,6,9-10,14H2,1H3,(H,15,16). The lowest BCUT2D eigenvalue weighted by Crippen LogP contribution is -2.27. The van der Waals surface area contributed by atoms with Gasteiger partial charge in [0, 0.05) is 31.9 Å². The molecule has 1 aromatic carbocycles. The average Bonchev–Trinajstić information content (AvgIpc) is 2.92. The molecular weight excluding hydrogens is 276 g/mol. The highest BCUT2D eigenvalue weighted by Gasteiger charge is 2.19. The van der Waals surface area contributed by atoms with E-state index in [1.54, 1.807) is 31.6 Å². The van der Waals surface area contributed by atoms with Gasteiger partial charge in [0.05, 0.1) is 11.9 Å². The first-order chi connectivity index (χ1) is 9.51. The van der Waals surface area contributed by atoms with Crippen LogP contribution in [0.4, 0.5) is 0 Å². The molecule has 7 heteroatoms. The van der Waals surface area contributed by atoms with Crippen LogP contribution in [0.5, 0.6) is 0 Å². The van der Waals surface area contributed by atoms with Crippen LogP contribution >= 0.6 is 0 Å². The summed E-state index contributed by atoms with van der Waals surface area (Å²) in [5.41, 5.74) is 8.08. The van der Waals surface area contributed by atoms with E-state index in [0.717, 1.165) is 16.7 Å². The fourth-order valence-electron chi connectivity index (χ4n) is 1.81. The van der Waals surface area contributed by atoms with Gasteiger partial charge in [0.1, 0.15) is 0 Å². The molecule has 2 rings (SSSR count). The maximum Gasteiger partial charge on any atom is 0.218 e. The van der Waals surface area contributed by atoms with E-state index in [-0.39, 0.29) is 5.75 Å². The van der Waals surface area contributed by atoms with Gasteiger partial charge in [-0.3, -0.25) is 5.10 Å². The zero-order chi connectivity index (χ0) is 14.6. The highest BCUT2D eigenvalue weighted by atomic mass is 32.2. The normalized spacial score (nSPS) is 11.9. The second-order valence-corrected chi connectivity index (χ2v) is 6.72. The Labute approximate surface area is 118 Å². The molecule has 1 heterocycles. The molecule has 0 aliphatic carbocycles. The largest absolute Gasteiger partial charge is 0.326 e. The molecule has 6 nitrogen and oxygen atoms in total. The maximum absolute atomic E-state index is 12.3. The summed E-state index contributed by atoms with van der Waals surface area (Å²) in [4.78, 5) is 0. The first-order valence-corrected chi connectivity index (χ1v) is 7.82. The minimum absolute atomic E-state index is 0.0216. The van der Waals surface area contributed by atoms with Crippen molar-refractivity contribution >= 4 is 10.0 Å². The van der Waals surface area contributed by atoms with Crippen molar-refractivity contribution in [1.29, 1.82) is 0 Å². The van der Waals surface area contributed by atoms with Crippen LogP contribution in [0.1, 0.15) is 16.7 Å². The molecule has 0 saturated carbocycles. The van der Waals surface area contributed by atoms with Crippen molar-refractivity contribution in [1.82, 2.24) is 14.5 Å². The van der Waals surface area contributed by atoms with E-state index < -0.39 is 10.0 Å². The van der Waals surface area contributed by atoms with Gasteiger partial charge in [0.25, 0.3) is 0 Å². The zero-order valence-corrected chi connectivity index (χ0v) is 12.1. The number of aromatic nitrogens is 2. The molecule has 108 valence electrons. The Bertz CT molecular complexity index is 636. The van der Waals surface area contributed by atoms with Crippen LogP contribution in [-0.2, 0) is 28.9 Å². The Hall–Kier alpha value is -1.70. The quantitative estimate of drug-likeness (QED) is 0.825. The lowest BCUT2D eigenvalue weighted by atomic mass is 10.1. The van der Waals surface area contributed by atoms with E-state index in [4.69, 9.17) is 5.73 Å². The van der Waals surface area contributed by atoms with Crippen molar-refractivity contribution in [3.8, 4) is 0 Å². The molecule has 0 saturated heterocycles. The van der Waals surface area contributed by atoms with E-state index in [9.17, 15) is 8.42 Å². The number of benzene rings is 1. The molecule has 0 spiro atoms.